The van der Waals surface area contributed by atoms with Gasteiger partial charge in [-0.05, 0) is 30.5 Å². The number of benzene rings is 1. The van der Waals surface area contributed by atoms with Crippen LogP contribution in [0.15, 0.2) is 30.6 Å². The number of fused-ring (bicyclic) bond motifs is 2. The molecule has 0 radical (unpaired) electrons. The van der Waals surface area contributed by atoms with Gasteiger partial charge in [-0.1, -0.05) is 0 Å². The molecule has 1 aliphatic rings. The summed E-state index contributed by atoms with van der Waals surface area (Å²) in [6.45, 7) is 2.17. The monoisotopic (exact) mass is 268 g/mol. The van der Waals surface area contributed by atoms with Gasteiger partial charge in [0.25, 0.3) is 0 Å². The highest BCUT2D eigenvalue weighted by Crippen LogP contribution is 2.37. The molecule has 0 unspecified atom stereocenters. The summed E-state index contributed by atoms with van der Waals surface area (Å²) in [6, 6.07) is 5.80. The fourth-order valence-electron chi connectivity index (χ4n) is 2.31. The molecular weight excluding hydrogens is 256 g/mol. The first kappa shape index (κ1) is 11.1. The lowest BCUT2D eigenvalue weighted by Crippen LogP contribution is -2.00. The van der Waals surface area contributed by atoms with Crippen LogP contribution in [0.25, 0.3) is 16.6 Å². The van der Waals surface area contributed by atoms with Crippen LogP contribution < -0.4 is 15.2 Å². The summed E-state index contributed by atoms with van der Waals surface area (Å²) < 4.78 is 12.5. The Bertz CT molecular complexity index is 806. The van der Waals surface area contributed by atoms with Crippen molar-refractivity contribution in [2.45, 2.75) is 6.92 Å². The molecule has 0 aliphatic carbocycles. The molecular formula is C14H12N4O2. The van der Waals surface area contributed by atoms with Crippen molar-refractivity contribution in [3.63, 3.8) is 0 Å². The summed E-state index contributed by atoms with van der Waals surface area (Å²) in [7, 11) is 0. The van der Waals surface area contributed by atoms with Gasteiger partial charge in [0.2, 0.25) is 6.79 Å². The molecule has 20 heavy (non-hydrogen) atoms. The molecule has 3 heterocycles. The maximum Gasteiger partial charge on any atom is 0.231 e. The normalized spacial score (nSPS) is 13.1. The van der Waals surface area contributed by atoms with Gasteiger partial charge in [-0.2, -0.15) is 0 Å². The van der Waals surface area contributed by atoms with E-state index in [0.717, 1.165) is 33.7 Å². The van der Waals surface area contributed by atoms with Crippen LogP contribution in [0.4, 0.5) is 5.82 Å². The van der Waals surface area contributed by atoms with Gasteiger partial charge in [0, 0.05) is 23.3 Å². The molecule has 0 saturated carbocycles. The number of hydrogen-bond acceptors (Lipinski definition) is 5. The van der Waals surface area contributed by atoms with Gasteiger partial charge in [0.1, 0.15) is 5.82 Å². The summed E-state index contributed by atoms with van der Waals surface area (Å²) >= 11 is 0. The maximum atomic E-state index is 5.81. The average molecular weight is 268 g/mol. The predicted molar refractivity (Wildman–Crippen MR) is 74.1 cm³/mol. The topological polar surface area (TPSA) is 75.2 Å². The molecule has 100 valence electrons. The van der Waals surface area contributed by atoms with Gasteiger partial charge >= 0.3 is 0 Å². The van der Waals surface area contributed by atoms with Gasteiger partial charge < -0.3 is 15.2 Å². The molecule has 0 bridgehead atoms. The van der Waals surface area contributed by atoms with Crippen LogP contribution in [0.3, 0.4) is 0 Å². The molecule has 2 aromatic heterocycles. The van der Waals surface area contributed by atoms with E-state index in [0.29, 0.717) is 5.82 Å². The smallest absolute Gasteiger partial charge is 0.231 e. The SMILES string of the molecule is Cc1cn(-c2nccc3cc4c(cc23)OCO4)nc1N. The summed E-state index contributed by atoms with van der Waals surface area (Å²) in [4.78, 5) is 4.41. The van der Waals surface area contributed by atoms with Crippen LogP contribution in [0.2, 0.25) is 0 Å². The van der Waals surface area contributed by atoms with Crippen molar-refractivity contribution < 1.29 is 9.47 Å². The number of ether oxygens (including phenoxy) is 2. The molecule has 0 spiro atoms. The number of nitrogens with two attached hydrogens (primary N) is 1. The minimum atomic E-state index is 0.252. The Morgan fingerprint density at radius 2 is 2.05 bits per heavy atom. The van der Waals surface area contributed by atoms with E-state index in [2.05, 4.69) is 10.1 Å². The number of hydrogen-bond donors (Lipinski definition) is 1. The largest absolute Gasteiger partial charge is 0.454 e. The second-order valence-electron chi connectivity index (χ2n) is 4.70. The van der Waals surface area contributed by atoms with Crippen molar-refractivity contribution in [1.29, 1.82) is 0 Å². The molecule has 2 N–H and O–H groups in total. The van der Waals surface area contributed by atoms with Crippen LogP contribution in [-0.2, 0) is 0 Å². The highest BCUT2D eigenvalue weighted by molar-refractivity contribution is 5.91. The zero-order valence-electron chi connectivity index (χ0n) is 10.8. The number of aromatic nitrogens is 3. The Morgan fingerprint density at radius 1 is 1.25 bits per heavy atom. The summed E-state index contributed by atoms with van der Waals surface area (Å²) in [5.74, 6) is 2.71. The van der Waals surface area contributed by atoms with E-state index in [9.17, 15) is 0 Å². The second-order valence-corrected chi connectivity index (χ2v) is 4.70. The number of aryl methyl sites for hydroxylation is 1. The van der Waals surface area contributed by atoms with Crippen LogP contribution in [-0.4, -0.2) is 21.6 Å². The molecule has 1 aromatic carbocycles. The molecule has 0 saturated heterocycles. The van der Waals surface area contributed by atoms with E-state index in [4.69, 9.17) is 15.2 Å². The minimum Gasteiger partial charge on any atom is -0.454 e. The predicted octanol–water partition coefficient (Wildman–Crippen LogP) is 2.04. The van der Waals surface area contributed by atoms with Crippen LogP contribution in [0.5, 0.6) is 11.5 Å². The summed E-state index contributed by atoms with van der Waals surface area (Å²) in [6.07, 6.45) is 3.61. The zero-order valence-corrected chi connectivity index (χ0v) is 10.8. The van der Waals surface area contributed by atoms with E-state index in [1.807, 2.05) is 31.3 Å². The van der Waals surface area contributed by atoms with Gasteiger partial charge in [-0.25, -0.2) is 9.67 Å². The first-order chi connectivity index (χ1) is 9.72. The third kappa shape index (κ3) is 1.51. The maximum absolute atomic E-state index is 5.81. The van der Waals surface area contributed by atoms with Crippen molar-refractivity contribution in [2.75, 3.05) is 12.5 Å². The Labute approximate surface area is 114 Å². The zero-order chi connectivity index (χ0) is 13.7. The molecule has 0 atom stereocenters. The highest BCUT2D eigenvalue weighted by atomic mass is 16.7. The lowest BCUT2D eigenvalue weighted by atomic mass is 10.1. The molecule has 6 nitrogen and oxygen atoms in total. The first-order valence-corrected chi connectivity index (χ1v) is 6.23. The highest BCUT2D eigenvalue weighted by Gasteiger charge is 2.17. The number of rotatable bonds is 1. The number of nitrogen functional groups attached to an aromatic ring is 1. The molecule has 4 rings (SSSR count). The van der Waals surface area contributed by atoms with E-state index in [1.54, 1.807) is 10.9 Å². The number of nitrogens with zero attached hydrogens (tertiary/aromatic N) is 3. The number of pyridine rings is 1. The fourth-order valence-corrected chi connectivity index (χ4v) is 2.31. The van der Waals surface area contributed by atoms with E-state index >= 15 is 0 Å². The second kappa shape index (κ2) is 3.86. The molecule has 0 fully saturated rings. The lowest BCUT2D eigenvalue weighted by Gasteiger charge is -2.06. The minimum absolute atomic E-state index is 0.252. The van der Waals surface area contributed by atoms with Crippen LogP contribution in [0, 0.1) is 6.92 Å². The standard InChI is InChI=1S/C14H12N4O2/c1-8-6-18(17-13(8)15)14-10-5-12-11(19-7-20-12)4-9(10)2-3-16-14/h2-6H,7H2,1H3,(H2,15,17). The van der Waals surface area contributed by atoms with E-state index in [1.165, 1.54) is 0 Å². The Kier molecular flexibility index (Phi) is 2.14. The Morgan fingerprint density at radius 3 is 2.80 bits per heavy atom. The van der Waals surface area contributed by atoms with E-state index in [-0.39, 0.29) is 6.79 Å². The molecule has 1 aliphatic heterocycles. The van der Waals surface area contributed by atoms with Crippen molar-refractivity contribution in [1.82, 2.24) is 14.8 Å². The fraction of sp³-hybridized carbons (Fsp3) is 0.143. The molecule has 6 heteroatoms. The Balaban J connectivity index is 2.00. The summed E-state index contributed by atoms with van der Waals surface area (Å²) in [5, 5.41) is 6.25. The van der Waals surface area contributed by atoms with Crippen LogP contribution >= 0.6 is 0 Å². The Hall–Kier alpha value is -2.76. The van der Waals surface area contributed by atoms with Gasteiger partial charge in [0.05, 0.1) is 0 Å². The first-order valence-electron chi connectivity index (χ1n) is 6.23. The van der Waals surface area contributed by atoms with Gasteiger partial charge in [0.15, 0.2) is 17.3 Å². The average Bonchev–Trinajstić information content (AvgIpc) is 3.02. The van der Waals surface area contributed by atoms with Crippen molar-refractivity contribution in [3.8, 4) is 17.3 Å². The summed E-state index contributed by atoms with van der Waals surface area (Å²) in [5.41, 5.74) is 6.73. The van der Waals surface area contributed by atoms with Crippen molar-refractivity contribution in [2.24, 2.45) is 0 Å². The van der Waals surface area contributed by atoms with Gasteiger partial charge in [-0.15, -0.1) is 5.10 Å². The van der Waals surface area contributed by atoms with Crippen molar-refractivity contribution >= 4 is 16.6 Å². The van der Waals surface area contributed by atoms with Crippen molar-refractivity contribution in [3.05, 3.63) is 36.2 Å². The molecule has 3 aromatic rings. The van der Waals surface area contributed by atoms with Crippen LogP contribution in [0.1, 0.15) is 5.56 Å². The third-order valence-corrected chi connectivity index (χ3v) is 3.39. The molecule has 0 amide bonds. The van der Waals surface area contributed by atoms with E-state index < -0.39 is 0 Å². The lowest BCUT2D eigenvalue weighted by molar-refractivity contribution is 0.174. The quantitative estimate of drug-likeness (QED) is 0.731. The van der Waals surface area contributed by atoms with Gasteiger partial charge in [-0.3, -0.25) is 0 Å². The number of anilines is 1. The third-order valence-electron chi connectivity index (χ3n) is 3.39.